The number of sulfonamides is 1. The van der Waals surface area contributed by atoms with Crippen LogP contribution in [-0.4, -0.2) is 24.6 Å². The summed E-state index contributed by atoms with van der Waals surface area (Å²) < 4.78 is 29.5. The number of rotatable bonds is 7. The van der Waals surface area contributed by atoms with Gasteiger partial charge in [0.25, 0.3) is 10.0 Å². The molecule has 4 rings (SSSR count). The van der Waals surface area contributed by atoms with Gasteiger partial charge in [0.1, 0.15) is 9.94 Å². The van der Waals surface area contributed by atoms with Gasteiger partial charge in [-0.1, -0.05) is 89.2 Å². The summed E-state index contributed by atoms with van der Waals surface area (Å²) in [6.45, 7) is 0. The molecule has 0 aliphatic carbocycles. The predicted octanol–water partition coefficient (Wildman–Crippen LogP) is 4.74. The van der Waals surface area contributed by atoms with E-state index in [1.807, 2.05) is 60.7 Å². The van der Waals surface area contributed by atoms with Crippen LogP contribution in [0.2, 0.25) is 5.02 Å². The molecule has 0 fully saturated rings. The number of oxime groups is 1. The van der Waals surface area contributed by atoms with Crippen LogP contribution in [0, 0.1) is 0 Å². The van der Waals surface area contributed by atoms with E-state index in [2.05, 4.69) is 9.55 Å². The van der Waals surface area contributed by atoms with E-state index in [9.17, 15) is 8.42 Å². The molecule has 12 heteroatoms. The highest BCUT2D eigenvalue weighted by Gasteiger charge is 2.30. The van der Waals surface area contributed by atoms with Crippen LogP contribution in [0.3, 0.4) is 0 Å². The Morgan fingerprint density at radius 2 is 1.85 bits per heavy atom. The Morgan fingerprint density at radius 3 is 2.53 bits per heavy atom. The largest absolute Gasteiger partial charge is 0.375 e. The second-order valence-electron chi connectivity index (χ2n) is 6.98. The molecule has 0 aromatic heterocycles. The highest BCUT2D eigenvalue weighted by molar-refractivity contribution is 8.14. The summed E-state index contributed by atoms with van der Waals surface area (Å²) in [7, 11) is -4.28. The molecular weight excluding hydrogens is 516 g/mol. The van der Waals surface area contributed by atoms with Crippen LogP contribution in [0.15, 0.2) is 92.1 Å². The molecule has 0 spiro atoms. The second-order valence-corrected chi connectivity index (χ2v) is 11.0. The van der Waals surface area contributed by atoms with Gasteiger partial charge in [-0.3, -0.25) is 5.21 Å². The van der Waals surface area contributed by atoms with Crippen molar-refractivity contribution in [1.82, 2.24) is 5.48 Å². The number of nitrogens with zero attached hydrogens (tertiary/aromatic N) is 2. The van der Waals surface area contributed by atoms with Gasteiger partial charge in [0, 0.05) is 26.8 Å². The van der Waals surface area contributed by atoms with Gasteiger partial charge in [0.05, 0.1) is 0 Å². The molecule has 176 valence electrons. The fraction of sp³-hybridized carbons (Fsp3) is 0.0909. The second kappa shape index (κ2) is 10.7. The fourth-order valence-corrected chi connectivity index (χ4v) is 6.80. The van der Waals surface area contributed by atoms with Gasteiger partial charge in [-0.05, 0) is 17.7 Å². The van der Waals surface area contributed by atoms with Crippen molar-refractivity contribution in [1.29, 1.82) is 0 Å². The number of halogens is 1. The highest BCUT2D eigenvalue weighted by Crippen LogP contribution is 2.44. The Hall–Kier alpha value is -2.70. The molecule has 1 atom stereocenters. The van der Waals surface area contributed by atoms with Crippen LogP contribution in [-0.2, 0) is 20.6 Å². The minimum Gasteiger partial charge on any atom is -0.375 e. The van der Waals surface area contributed by atoms with E-state index in [1.165, 1.54) is 29.6 Å². The molecule has 1 aliphatic heterocycles. The topological polar surface area (TPSA) is 126 Å². The molecule has 0 saturated heterocycles. The number of hydrogen-bond donors (Lipinski definition) is 3. The zero-order valence-corrected chi connectivity index (χ0v) is 20.7. The number of hydrogen-bond acceptors (Lipinski definition) is 7. The van der Waals surface area contributed by atoms with E-state index in [4.69, 9.17) is 27.4 Å². The summed E-state index contributed by atoms with van der Waals surface area (Å²) in [6.07, 6.45) is 0. The first-order valence-electron chi connectivity index (χ1n) is 9.84. The molecule has 8 nitrogen and oxygen atoms in total. The zero-order valence-electron chi connectivity index (χ0n) is 17.5. The quantitative estimate of drug-likeness (QED) is 0.172. The Morgan fingerprint density at radius 1 is 1.18 bits per heavy atom. The molecule has 0 bridgehead atoms. The van der Waals surface area contributed by atoms with Crippen molar-refractivity contribution >= 4 is 56.2 Å². The van der Waals surface area contributed by atoms with Crippen LogP contribution in [0.1, 0.15) is 22.1 Å². The van der Waals surface area contributed by atoms with Crippen molar-refractivity contribution in [2.45, 2.75) is 21.0 Å². The molecule has 1 unspecified atom stereocenters. The van der Waals surface area contributed by atoms with E-state index in [1.54, 1.807) is 11.5 Å². The van der Waals surface area contributed by atoms with E-state index in [0.29, 0.717) is 26.3 Å². The van der Waals surface area contributed by atoms with Crippen molar-refractivity contribution in [3.8, 4) is 0 Å². The van der Waals surface area contributed by atoms with Crippen LogP contribution in [0.25, 0.3) is 0 Å². The maximum atomic E-state index is 13.0. The van der Waals surface area contributed by atoms with Gasteiger partial charge >= 0.3 is 0 Å². The van der Waals surface area contributed by atoms with Crippen LogP contribution < -0.4 is 11.2 Å². The molecule has 0 amide bonds. The minimum absolute atomic E-state index is 0.108. The number of nitrogens with one attached hydrogen (secondary N) is 1. The Kier molecular flexibility index (Phi) is 7.69. The third kappa shape index (κ3) is 5.68. The first kappa shape index (κ1) is 24.4. The maximum Gasteiger partial charge on any atom is 0.286 e. The maximum absolute atomic E-state index is 13.0. The molecule has 3 aromatic rings. The molecule has 3 aromatic carbocycles. The van der Waals surface area contributed by atoms with Gasteiger partial charge < -0.3 is 10.6 Å². The number of nitrogens with two attached hydrogens (primary N) is 1. The first-order chi connectivity index (χ1) is 16.4. The van der Waals surface area contributed by atoms with Crippen molar-refractivity contribution in [3.05, 3.63) is 94.5 Å². The highest BCUT2D eigenvalue weighted by atomic mass is 35.5. The standard InChI is InChI=1S/C22H19ClN4O4S3/c23-17-12-18(32-13-14-7-3-1-4-8-14)19(34(29,30)27-22(24)25-28)11-16(17)21-31-26-20(33-21)15-9-5-2-6-10-15/h1-12,21,28H,13H2,(H3,24,25,27). The van der Waals surface area contributed by atoms with Crippen molar-refractivity contribution in [3.63, 3.8) is 0 Å². The summed E-state index contributed by atoms with van der Waals surface area (Å²) in [5.41, 5.74) is 8.61. The van der Waals surface area contributed by atoms with Crippen LogP contribution in [0.4, 0.5) is 0 Å². The lowest BCUT2D eigenvalue weighted by atomic mass is 10.2. The molecule has 34 heavy (non-hydrogen) atoms. The van der Waals surface area contributed by atoms with E-state index in [0.717, 1.165) is 11.1 Å². The van der Waals surface area contributed by atoms with Gasteiger partial charge in [-0.25, -0.2) is 5.48 Å². The van der Waals surface area contributed by atoms with E-state index < -0.39 is 21.4 Å². The molecular formula is C22H19ClN4O4S3. The van der Waals surface area contributed by atoms with Crippen molar-refractivity contribution in [2.75, 3.05) is 0 Å². The predicted molar refractivity (Wildman–Crippen MR) is 136 cm³/mol. The first-order valence-corrected chi connectivity index (χ1v) is 13.5. The number of guanidine groups is 1. The molecule has 1 aliphatic rings. The molecule has 1 heterocycles. The Balaban J connectivity index is 1.69. The van der Waals surface area contributed by atoms with Gasteiger partial charge in [-0.15, -0.1) is 16.2 Å². The van der Waals surface area contributed by atoms with Gasteiger partial charge in [0.15, 0.2) is 0 Å². The SMILES string of the molecule is N/C(=N\S(=O)(=O)c1cc(C2ON=C(c3ccccc3)S2)c(Cl)cc1SCc1ccccc1)NO. The number of benzene rings is 3. The average Bonchev–Trinajstić information content (AvgIpc) is 3.33. The van der Waals surface area contributed by atoms with E-state index >= 15 is 0 Å². The third-order valence-electron chi connectivity index (χ3n) is 4.64. The van der Waals surface area contributed by atoms with Crippen LogP contribution in [0.5, 0.6) is 0 Å². The van der Waals surface area contributed by atoms with Crippen LogP contribution >= 0.6 is 35.1 Å². The number of hydroxylamine groups is 1. The smallest absolute Gasteiger partial charge is 0.286 e. The summed E-state index contributed by atoms with van der Waals surface area (Å²) in [4.78, 5) is 5.86. The van der Waals surface area contributed by atoms with Crippen molar-refractivity contribution in [2.24, 2.45) is 15.3 Å². The normalized spacial score (nSPS) is 16.1. The summed E-state index contributed by atoms with van der Waals surface area (Å²) in [6, 6.07) is 22.1. The molecule has 4 N–H and O–H groups in total. The van der Waals surface area contributed by atoms with Gasteiger partial charge in [-0.2, -0.15) is 8.42 Å². The fourth-order valence-electron chi connectivity index (χ4n) is 3.04. The Labute approximate surface area is 210 Å². The molecule has 0 saturated carbocycles. The summed E-state index contributed by atoms with van der Waals surface area (Å²) >= 11 is 9.18. The lowest BCUT2D eigenvalue weighted by Crippen LogP contribution is -2.29. The minimum atomic E-state index is -4.28. The summed E-state index contributed by atoms with van der Waals surface area (Å²) in [5, 5.41) is 14.1. The lowest BCUT2D eigenvalue weighted by Gasteiger charge is -2.15. The zero-order chi connectivity index (χ0) is 24.1. The molecule has 0 radical (unpaired) electrons. The van der Waals surface area contributed by atoms with E-state index in [-0.39, 0.29) is 4.90 Å². The number of thioether (sulfide) groups is 2. The monoisotopic (exact) mass is 534 g/mol. The Bertz CT molecular complexity index is 1340. The summed E-state index contributed by atoms with van der Waals surface area (Å²) in [5.74, 6) is -0.149. The van der Waals surface area contributed by atoms with Gasteiger partial charge in [0.2, 0.25) is 11.4 Å². The third-order valence-corrected chi connectivity index (χ3v) is 8.64. The van der Waals surface area contributed by atoms with Crippen molar-refractivity contribution < 1.29 is 18.5 Å². The lowest BCUT2D eigenvalue weighted by molar-refractivity contribution is 0.131. The average molecular weight is 535 g/mol.